The number of pyridine rings is 1. The molecule has 102 valence electrons. The Kier molecular flexibility index (Phi) is 5.45. The Morgan fingerprint density at radius 1 is 1.58 bits per heavy atom. The van der Waals surface area contributed by atoms with Crippen molar-refractivity contribution in [2.45, 2.75) is 25.9 Å². The predicted molar refractivity (Wildman–Crippen MR) is 73.3 cm³/mol. The van der Waals surface area contributed by atoms with Gasteiger partial charge in [-0.05, 0) is 24.6 Å². The van der Waals surface area contributed by atoms with Gasteiger partial charge in [0.05, 0.1) is 12.3 Å². The molecule has 0 aliphatic heterocycles. The molecule has 4 heteroatoms. The second-order valence-corrected chi connectivity index (χ2v) is 4.30. The van der Waals surface area contributed by atoms with Crippen molar-refractivity contribution in [3.05, 3.63) is 54.4 Å². The number of aromatic nitrogens is 1. The van der Waals surface area contributed by atoms with E-state index in [1.54, 1.807) is 37.4 Å². The molecule has 1 aromatic heterocycles. The second kappa shape index (κ2) is 6.85. The number of carbonyl (C=O) groups excluding carboxylic acids is 1. The SMILES string of the molecule is C=C/C=C(/CCOC(C)=O)[C@](C)(O)c1ccccn1. The molecule has 0 radical (unpaired) electrons. The molecule has 0 fully saturated rings. The lowest BCUT2D eigenvalue weighted by Crippen LogP contribution is -2.26. The van der Waals surface area contributed by atoms with Crippen molar-refractivity contribution in [1.29, 1.82) is 0 Å². The fourth-order valence-electron chi connectivity index (χ4n) is 1.75. The van der Waals surface area contributed by atoms with Gasteiger partial charge in [-0.3, -0.25) is 9.78 Å². The van der Waals surface area contributed by atoms with Gasteiger partial charge >= 0.3 is 5.97 Å². The van der Waals surface area contributed by atoms with Crippen LogP contribution in [0.3, 0.4) is 0 Å². The summed E-state index contributed by atoms with van der Waals surface area (Å²) >= 11 is 0. The van der Waals surface area contributed by atoms with E-state index in [2.05, 4.69) is 11.6 Å². The molecule has 0 unspecified atom stereocenters. The van der Waals surface area contributed by atoms with Gasteiger partial charge in [0.15, 0.2) is 0 Å². The van der Waals surface area contributed by atoms with E-state index in [9.17, 15) is 9.90 Å². The number of allylic oxidation sites excluding steroid dienone is 2. The van der Waals surface area contributed by atoms with Gasteiger partial charge in [-0.25, -0.2) is 0 Å². The number of ether oxygens (including phenoxy) is 1. The Morgan fingerprint density at radius 2 is 2.32 bits per heavy atom. The second-order valence-electron chi connectivity index (χ2n) is 4.30. The highest BCUT2D eigenvalue weighted by molar-refractivity contribution is 5.65. The van der Waals surface area contributed by atoms with Crippen LogP contribution < -0.4 is 0 Å². The normalized spacial score (nSPS) is 14.6. The molecule has 0 bridgehead atoms. The van der Waals surface area contributed by atoms with Crippen LogP contribution in [-0.4, -0.2) is 22.7 Å². The minimum absolute atomic E-state index is 0.220. The zero-order valence-electron chi connectivity index (χ0n) is 11.3. The van der Waals surface area contributed by atoms with Crippen LogP contribution in [-0.2, 0) is 15.1 Å². The molecule has 0 aromatic carbocycles. The van der Waals surface area contributed by atoms with Crippen molar-refractivity contribution in [3.63, 3.8) is 0 Å². The zero-order valence-corrected chi connectivity index (χ0v) is 11.3. The summed E-state index contributed by atoms with van der Waals surface area (Å²) in [6.45, 7) is 6.88. The molecule has 4 nitrogen and oxygen atoms in total. The average molecular weight is 261 g/mol. The smallest absolute Gasteiger partial charge is 0.302 e. The van der Waals surface area contributed by atoms with Crippen LogP contribution in [0.1, 0.15) is 26.0 Å². The number of nitrogens with zero attached hydrogens (tertiary/aromatic N) is 1. The summed E-state index contributed by atoms with van der Waals surface area (Å²) < 4.78 is 4.90. The topological polar surface area (TPSA) is 59.4 Å². The summed E-state index contributed by atoms with van der Waals surface area (Å²) in [5.41, 5.74) is 0.0312. The third kappa shape index (κ3) is 4.34. The van der Waals surface area contributed by atoms with Gasteiger partial charge in [-0.2, -0.15) is 0 Å². The van der Waals surface area contributed by atoms with Gasteiger partial charge in [0.1, 0.15) is 5.60 Å². The Morgan fingerprint density at radius 3 is 2.84 bits per heavy atom. The van der Waals surface area contributed by atoms with E-state index in [-0.39, 0.29) is 12.6 Å². The van der Waals surface area contributed by atoms with Gasteiger partial charge in [0.25, 0.3) is 0 Å². The maximum Gasteiger partial charge on any atom is 0.302 e. The third-order valence-electron chi connectivity index (χ3n) is 2.78. The maximum atomic E-state index is 10.8. The molecule has 0 aliphatic carbocycles. The minimum atomic E-state index is -1.21. The molecule has 0 spiro atoms. The fraction of sp³-hybridized carbons (Fsp3) is 0.333. The molecule has 1 atom stereocenters. The van der Waals surface area contributed by atoms with Gasteiger partial charge in [-0.1, -0.05) is 24.8 Å². The highest BCUT2D eigenvalue weighted by Crippen LogP contribution is 2.29. The van der Waals surface area contributed by atoms with Gasteiger partial charge in [0, 0.05) is 19.5 Å². The lowest BCUT2D eigenvalue weighted by Gasteiger charge is -2.26. The Labute approximate surface area is 113 Å². The summed E-state index contributed by atoms with van der Waals surface area (Å²) in [6.07, 6.45) is 5.37. The number of hydrogen-bond acceptors (Lipinski definition) is 4. The lowest BCUT2D eigenvalue weighted by atomic mass is 9.89. The highest BCUT2D eigenvalue weighted by atomic mass is 16.5. The van der Waals surface area contributed by atoms with E-state index in [1.165, 1.54) is 6.92 Å². The van der Waals surface area contributed by atoms with E-state index >= 15 is 0 Å². The van der Waals surface area contributed by atoms with Crippen molar-refractivity contribution in [1.82, 2.24) is 4.98 Å². The predicted octanol–water partition coefficient (Wildman–Crippen LogP) is 2.35. The van der Waals surface area contributed by atoms with Crippen LogP contribution in [0.4, 0.5) is 0 Å². The van der Waals surface area contributed by atoms with E-state index < -0.39 is 5.60 Å². The van der Waals surface area contributed by atoms with Gasteiger partial charge < -0.3 is 9.84 Å². The third-order valence-corrected chi connectivity index (χ3v) is 2.78. The molecular weight excluding hydrogens is 242 g/mol. The van der Waals surface area contributed by atoms with E-state index in [0.29, 0.717) is 17.7 Å². The van der Waals surface area contributed by atoms with Crippen molar-refractivity contribution in [3.8, 4) is 0 Å². The van der Waals surface area contributed by atoms with E-state index in [1.807, 2.05) is 6.07 Å². The van der Waals surface area contributed by atoms with Crippen molar-refractivity contribution < 1.29 is 14.6 Å². The van der Waals surface area contributed by atoms with Crippen molar-refractivity contribution in [2.24, 2.45) is 0 Å². The largest absolute Gasteiger partial charge is 0.466 e. The minimum Gasteiger partial charge on any atom is -0.466 e. The molecule has 0 saturated carbocycles. The standard InChI is InChI=1S/C15H19NO3/c1-4-7-13(9-11-19-12(2)17)15(3,18)14-8-5-6-10-16-14/h4-8,10,18H,1,9,11H2,2-3H3/b13-7-/t15-/m0/s1. The summed E-state index contributed by atoms with van der Waals surface area (Å²) in [4.78, 5) is 14.9. The number of aliphatic hydroxyl groups is 1. The molecule has 1 rings (SSSR count). The summed E-state index contributed by atoms with van der Waals surface area (Å²) in [5.74, 6) is -0.338. The first-order valence-electron chi connectivity index (χ1n) is 6.07. The maximum absolute atomic E-state index is 10.8. The van der Waals surface area contributed by atoms with Gasteiger partial charge in [0.2, 0.25) is 0 Å². The van der Waals surface area contributed by atoms with Crippen LogP contribution >= 0.6 is 0 Å². The number of hydrogen-bond donors (Lipinski definition) is 1. The Hall–Kier alpha value is -1.94. The average Bonchev–Trinajstić information content (AvgIpc) is 2.38. The zero-order chi connectivity index (χ0) is 14.3. The summed E-state index contributed by atoms with van der Waals surface area (Å²) in [7, 11) is 0. The number of carbonyl (C=O) groups is 1. The molecule has 19 heavy (non-hydrogen) atoms. The first-order valence-corrected chi connectivity index (χ1v) is 6.07. The molecular formula is C15H19NO3. The lowest BCUT2D eigenvalue weighted by molar-refractivity contribution is -0.140. The van der Waals surface area contributed by atoms with Crippen LogP contribution in [0.25, 0.3) is 0 Å². The van der Waals surface area contributed by atoms with Crippen molar-refractivity contribution >= 4 is 5.97 Å². The quantitative estimate of drug-likeness (QED) is 0.631. The molecule has 0 aliphatic rings. The fourth-order valence-corrected chi connectivity index (χ4v) is 1.75. The van der Waals surface area contributed by atoms with E-state index in [4.69, 9.17) is 4.74 Å². The molecule has 1 N–H and O–H groups in total. The number of rotatable bonds is 6. The van der Waals surface area contributed by atoms with Crippen LogP contribution in [0.15, 0.2) is 48.7 Å². The molecule has 0 saturated heterocycles. The first-order chi connectivity index (χ1) is 8.98. The summed E-state index contributed by atoms with van der Waals surface area (Å²) in [5, 5.41) is 10.6. The van der Waals surface area contributed by atoms with Crippen LogP contribution in [0.2, 0.25) is 0 Å². The summed E-state index contributed by atoms with van der Waals surface area (Å²) in [6, 6.07) is 5.35. The van der Waals surface area contributed by atoms with Crippen LogP contribution in [0, 0.1) is 0 Å². The van der Waals surface area contributed by atoms with Crippen LogP contribution in [0.5, 0.6) is 0 Å². The van der Waals surface area contributed by atoms with E-state index in [0.717, 1.165) is 0 Å². The Balaban J connectivity index is 2.89. The van der Waals surface area contributed by atoms with Crippen molar-refractivity contribution in [2.75, 3.05) is 6.61 Å². The highest BCUT2D eigenvalue weighted by Gasteiger charge is 2.28. The molecule has 0 amide bonds. The number of esters is 1. The Bertz CT molecular complexity index is 464. The monoisotopic (exact) mass is 261 g/mol. The molecule has 1 heterocycles. The molecule has 1 aromatic rings. The van der Waals surface area contributed by atoms with Gasteiger partial charge in [-0.15, -0.1) is 0 Å². The first kappa shape index (κ1) is 15.1.